The normalized spacial score (nSPS) is 15.1. The fourth-order valence-electron chi connectivity index (χ4n) is 12.6. The number of fused-ring (bicyclic) bond motifs is 8. The topological polar surface area (TPSA) is 18.5 Å². The fraction of sp³-hybridized carbons (Fsp3) is 0.375. The Morgan fingerprint density at radius 3 is 0.956 bits per heavy atom. The highest BCUT2D eigenvalue weighted by Gasteiger charge is 2.46. The van der Waals surface area contributed by atoms with Crippen LogP contribution in [0.4, 0.5) is 0 Å². The van der Waals surface area contributed by atoms with Gasteiger partial charge in [-0.05, 0) is 179 Å². The van der Waals surface area contributed by atoms with Gasteiger partial charge < -0.3 is 9.47 Å². The summed E-state index contributed by atoms with van der Waals surface area (Å²) in [5.74, 6) is 3.98. The van der Waals surface area contributed by atoms with Crippen molar-refractivity contribution in [2.45, 2.75) is 157 Å². The maximum atomic E-state index is 7.22. The summed E-state index contributed by atoms with van der Waals surface area (Å²) in [7, 11) is 0. The Morgan fingerprint density at radius 2 is 0.632 bits per heavy atom. The van der Waals surface area contributed by atoms with Crippen LogP contribution in [0.2, 0.25) is 0 Å². The van der Waals surface area contributed by atoms with Gasteiger partial charge in [0.2, 0.25) is 0 Å². The minimum absolute atomic E-state index is 0.0145. The molecule has 0 atom stereocenters. The van der Waals surface area contributed by atoms with Gasteiger partial charge in [-0.3, -0.25) is 0 Å². The van der Waals surface area contributed by atoms with E-state index in [4.69, 9.17) is 9.47 Å². The van der Waals surface area contributed by atoms with Gasteiger partial charge in [0.15, 0.2) is 0 Å². The second-order valence-corrected chi connectivity index (χ2v) is 27.4. The van der Waals surface area contributed by atoms with Gasteiger partial charge in [-0.25, -0.2) is 0 Å². The Labute approximate surface area is 406 Å². The van der Waals surface area contributed by atoms with Gasteiger partial charge in [0.1, 0.15) is 23.0 Å². The summed E-state index contributed by atoms with van der Waals surface area (Å²) in [5, 5.41) is 8.41. The molecule has 68 heavy (non-hydrogen) atoms. The van der Waals surface area contributed by atoms with Crippen molar-refractivity contribution < 1.29 is 9.47 Å². The van der Waals surface area contributed by atoms with Crippen molar-refractivity contribution in [1.82, 2.24) is 0 Å². The monoisotopic (exact) mass is 891 g/mol. The van der Waals surface area contributed by atoms with E-state index in [0.717, 1.165) is 23.0 Å². The average molecular weight is 891 g/mol. The van der Waals surface area contributed by atoms with Crippen LogP contribution in [0.1, 0.15) is 158 Å². The Kier molecular flexibility index (Phi) is 8.52. The highest BCUT2D eigenvalue weighted by atomic mass is 16.5. The molecule has 0 saturated carbocycles. The molecule has 0 amide bonds. The van der Waals surface area contributed by atoms with Crippen LogP contribution in [0.25, 0.3) is 54.6 Å². The Balaban J connectivity index is 1.31. The molecule has 0 spiro atoms. The first kappa shape index (κ1) is 43.8. The summed E-state index contributed by atoms with van der Waals surface area (Å²) in [6.45, 7) is 42.4. The number of hydrogen-bond acceptors (Lipinski definition) is 2. The second kappa shape index (κ2) is 13.2. The Bertz CT molecular complexity index is 3320. The van der Waals surface area contributed by atoms with E-state index in [0.29, 0.717) is 0 Å². The van der Waals surface area contributed by atoms with Crippen LogP contribution in [0.15, 0.2) is 84.9 Å². The van der Waals surface area contributed by atoms with Crippen molar-refractivity contribution in [3.8, 4) is 45.3 Å². The lowest BCUT2D eigenvalue weighted by atomic mass is 9.31. The number of ether oxygens (including phenoxy) is 2. The smallest absolute Gasteiger partial charge is 0.252 e. The molecule has 0 bridgehead atoms. The van der Waals surface area contributed by atoms with E-state index in [-0.39, 0.29) is 45.9 Å². The predicted octanol–water partition coefficient (Wildman–Crippen LogP) is 13.6. The summed E-state index contributed by atoms with van der Waals surface area (Å²) in [6, 6.07) is 34.5. The zero-order valence-corrected chi connectivity index (χ0v) is 44.1. The molecular formula is C64H68B2O2. The molecule has 0 fully saturated rings. The molecule has 12 rings (SSSR count). The summed E-state index contributed by atoms with van der Waals surface area (Å²) >= 11 is 0. The molecule has 0 radical (unpaired) electrons. The highest BCUT2D eigenvalue weighted by Crippen LogP contribution is 2.52. The molecular weight excluding hydrogens is 822 g/mol. The van der Waals surface area contributed by atoms with Crippen molar-refractivity contribution in [2.24, 2.45) is 0 Å². The lowest BCUT2D eigenvalue weighted by Crippen LogP contribution is -2.58. The zero-order valence-electron chi connectivity index (χ0n) is 44.1. The molecule has 0 N–H and O–H groups in total. The third-order valence-corrected chi connectivity index (χ3v) is 16.4. The van der Waals surface area contributed by atoms with E-state index >= 15 is 0 Å². The molecule has 4 aliphatic rings. The average Bonchev–Trinajstić information content (AvgIpc) is 3.22. The summed E-state index contributed by atoms with van der Waals surface area (Å²) in [5.41, 5.74) is 20.7. The lowest BCUT2D eigenvalue weighted by molar-refractivity contribution is 0.479. The third kappa shape index (κ3) is 6.04. The largest absolute Gasteiger partial charge is 0.458 e. The fourth-order valence-corrected chi connectivity index (χ4v) is 12.6. The van der Waals surface area contributed by atoms with Crippen LogP contribution >= 0.6 is 0 Å². The van der Waals surface area contributed by atoms with Gasteiger partial charge in [0.25, 0.3) is 13.4 Å². The quantitative estimate of drug-likeness (QED) is 0.112. The van der Waals surface area contributed by atoms with Gasteiger partial charge in [-0.15, -0.1) is 0 Å². The summed E-state index contributed by atoms with van der Waals surface area (Å²) < 4.78 is 14.4. The third-order valence-electron chi connectivity index (χ3n) is 16.4. The SMILES string of the molecule is CC(C)(C)c1ccc2c(c1)Oc1cc(C(C)(C)C)cc3c1B2c1cc2c(C(C)(C)C)cc4c5c(cc6c(C(C)(C)C)cc-3c1c6c25)B1c2ccc(C(C)(C)C)cc2Oc2cc(C(C)(C)C)cc-4c21. The van der Waals surface area contributed by atoms with Gasteiger partial charge >= 0.3 is 0 Å². The molecule has 0 aromatic heterocycles. The molecule has 8 aromatic rings. The first-order chi connectivity index (χ1) is 31.5. The van der Waals surface area contributed by atoms with Crippen LogP contribution in [0.3, 0.4) is 0 Å². The first-order valence-electron chi connectivity index (χ1n) is 25.4. The minimum atomic E-state index is -0.152. The van der Waals surface area contributed by atoms with E-state index in [9.17, 15) is 0 Å². The first-order valence-corrected chi connectivity index (χ1v) is 25.4. The molecule has 2 nitrogen and oxygen atoms in total. The van der Waals surface area contributed by atoms with Crippen molar-refractivity contribution in [3.05, 3.63) is 118 Å². The second-order valence-electron chi connectivity index (χ2n) is 27.4. The molecule has 0 unspecified atom stereocenters. The van der Waals surface area contributed by atoms with Crippen LogP contribution in [0, 0.1) is 0 Å². The maximum absolute atomic E-state index is 7.22. The van der Waals surface area contributed by atoms with Gasteiger partial charge in [-0.2, -0.15) is 0 Å². The van der Waals surface area contributed by atoms with Gasteiger partial charge in [0, 0.05) is 0 Å². The van der Waals surface area contributed by atoms with Crippen molar-refractivity contribution in [1.29, 1.82) is 0 Å². The molecule has 0 saturated heterocycles. The van der Waals surface area contributed by atoms with Crippen LogP contribution in [0.5, 0.6) is 23.0 Å². The standard InChI is InChI=1S/C64H68B2O2/c1-59(2,3)33-19-21-45-49(25-33)67-51-27-35(61(7,8)9)23-39-37-29-44(64(16,17)18)42-32-48-54-38(30-43(63(13,14)15)41-31-47(65(45)57(39)51)53(37)55(42)56(41)54)40-24-36(62(10,11)12)28-52-58(40)66(48)46-22-20-34(60(4,5)6)26-50(46)68-52/h19-32H,1-18H3. The van der Waals surface area contributed by atoms with E-state index in [2.05, 4.69) is 210 Å². The van der Waals surface area contributed by atoms with Crippen molar-refractivity contribution in [2.75, 3.05) is 0 Å². The Hall–Kier alpha value is -5.47. The van der Waals surface area contributed by atoms with Crippen LogP contribution < -0.4 is 42.3 Å². The van der Waals surface area contributed by atoms with E-state index in [1.54, 1.807) is 0 Å². The van der Waals surface area contributed by atoms with E-state index < -0.39 is 0 Å². The maximum Gasteiger partial charge on any atom is 0.252 e. The van der Waals surface area contributed by atoms with Gasteiger partial charge in [0.05, 0.1) is 0 Å². The highest BCUT2D eigenvalue weighted by molar-refractivity contribution is 7.01. The van der Waals surface area contributed by atoms with Crippen LogP contribution in [-0.4, -0.2) is 13.4 Å². The molecule has 0 aliphatic carbocycles. The molecule has 4 heterocycles. The summed E-state index contributed by atoms with van der Waals surface area (Å²) in [4.78, 5) is 0. The number of benzene rings is 8. The number of rotatable bonds is 0. The zero-order chi connectivity index (χ0) is 48.5. The van der Waals surface area contributed by atoms with Gasteiger partial charge in [-0.1, -0.05) is 184 Å². The van der Waals surface area contributed by atoms with E-state index in [1.807, 2.05) is 0 Å². The summed E-state index contributed by atoms with van der Waals surface area (Å²) in [6.07, 6.45) is 0. The number of hydrogen-bond donors (Lipinski definition) is 0. The molecule has 4 heteroatoms. The van der Waals surface area contributed by atoms with E-state index in [1.165, 1.54) is 121 Å². The molecule has 8 aromatic carbocycles. The molecule has 342 valence electrons. The predicted molar refractivity (Wildman–Crippen MR) is 296 cm³/mol. The molecule has 4 aliphatic heterocycles. The van der Waals surface area contributed by atoms with Crippen molar-refractivity contribution in [3.63, 3.8) is 0 Å². The lowest BCUT2D eigenvalue weighted by Gasteiger charge is -2.40. The Morgan fingerprint density at radius 1 is 0.294 bits per heavy atom. The van der Waals surface area contributed by atoms with Crippen LogP contribution in [-0.2, 0) is 32.5 Å². The van der Waals surface area contributed by atoms with Crippen molar-refractivity contribution >= 4 is 78.5 Å². The minimum Gasteiger partial charge on any atom is -0.458 e.